The van der Waals surface area contributed by atoms with E-state index in [-0.39, 0.29) is 17.5 Å². The zero-order valence-electron chi connectivity index (χ0n) is 15.2. The highest BCUT2D eigenvalue weighted by Crippen LogP contribution is 2.17. The van der Waals surface area contributed by atoms with E-state index in [4.69, 9.17) is 0 Å². The van der Waals surface area contributed by atoms with Crippen LogP contribution in [-0.2, 0) is 6.54 Å². The minimum Gasteiger partial charge on any atom is -0.347 e. The Bertz CT molecular complexity index is 971. The van der Waals surface area contributed by atoms with Gasteiger partial charge in [0.25, 0.3) is 11.8 Å². The molecule has 27 heavy (non-hydrogen) atoms. The summed E-state index contributed by atoms with van der Waals surface area (Å²) in [5, 5.41) is 5.66. The molecule has 0 spiro atoms. The average molecular weight is 360 g/mol. The fourth-order valence-corrected chi connectivity index (χ4v) is 2.62. The van der Waals surface area contributed by atoms with Gasteiger partial charge in [0.05, 0.1) is 0 Å². The first kappa shape index (κ1) is 18.3. The highest BCUT2D eigenvalue weighted by Gasteiger charge is 2.13. The molecule has 6 nitrogen and oxygen atoms in total. The molecule has 2 aromatic heterocycles. The first-order valence-electron chi connectivity index (χ1n) is 8.54. The molecule has 0 fully saturated rings. The van der Waals surface area contributed by atoms with Crippen LogP contribution in [0, 0.1) is 13.8 Å². The van der Waals surface area contributed by atoms with Crippen molar-refractivity contribution >= 4 is 17.5 Å². The number of carbonyl (C=O) groups is 2. The number of aromatic nitrogens is 2. The Hall–Kier alpha value is -3.54. The van der Waals surface area contributed by atoms with Crippen LogP contribution in [0.4, 0.5) is 5.69 Å². The molecule has 2 N–H and O–H groups in total. The van der Waals surface area contributed by atoms with Crippen molar-refractivity contribution < 1.29 is 9.59 Å². The van der Waals surface area contributed by atoms with Crippen molar-refractivity contribution in [3.05, 3.63) is 89.0 Å². The second kappa shape index (κ2) is 8.23. The molecule has 3 aromatic rings. The number of pyridine rings is 2. The smallest absolute Gasteiger partial charge is 0.270 e. The molecule has 0 bridgehead atoms. The van der Waals surface area contributed by atoms with Gasteiger partial charge in [0.1, 0.15) is 5.69 Å². The van der Waals surface area contributed by atoms with Gasteiger partial charge >= 0.3 is 0 Å². The van der Waals surface area contributed by atoms with Crippen LogP contribution in [0.3, 0.4) is 0 Å². The standard InChI is InChI=1S/C21H20N4O2/c1-14-3-4-18(15(2)11-14)25-20(26)17-7-10-23-19(12-17)21(27)24-13-16-5-8-22-9-6-16/h3-12H,13H2,1-2H3,(H,24,27)(H,25,26). The van der Waals surface area contributed by atoms with Gasteiger partial charge in [-0.1, -0.05) is 17.7 Å². The molecule has 2 heterocycles. The van der Waals surface area contributed by atoms with E-state index < -0.39 is 0 Å². The Morgan fingerprint density at radius 1 is 0.926 bits per heavy atom. The summed E-state index contributed by atoms with van der Waals surface area (Å²) in [6.07, 6.45) is 4.79. The molecule has 0 radical (unpaired) electrons. The van der Waals surface area contributed by atoms with E-state index in [2.05, 4.69) is 20.6 Å². The van der Waals surface area contributed by atoms with Crippen molar-refractivity contribution in [2.45, 2.75) is 20.4 Å². The minimum absolute atomic E-state index is 0.192. The van der Waals surface area contributed by atoms with Gasteiger partial charge in [-0.2, -0.15) is 0 Å². The number of hydrogen-bond acceptors (Lipinski definition) is 4. The van der Waals surface area contributed by atoms with E-state index >= 15 is 0 Å². The molecule has 136 valence electrons. The van der Waals surface area contributed by atoms with Crippen LogP contribution in [0.15, 0.2) is 61.1 Å². The van der Waals surface area contributed by atoms with E-state index in [1.807, 2.05) is 44.2 Å². The summed E-state index contributed by atoms with van der Waals surface area (Å²) in [7, 11) is 0. The van der Waals surface area contributed by atoms with E-state index in [0.29, 0.717) is 12.1 Å². The highest BCUT2D eigenvalue weighted by atomic mass is 16.2. The third kappa shape index (κ3) is 4.76. The lowest BCUT2D eigenvalue weighted by atomic mass is 10.1. The number of amides is 2. The van der Waals surface area contributed by atoms with Crippen LogP contribution >= 0.6 is 0 Å². The maximum atomic E-state index is 12.5. The van der Waals surface area contributed by atoms with Gasteiger partial charge in [-0.15, -0.1) is 0 Å². The molecule has 3 rings (SSSR count). The molecule has 1 aromatic carbocycles. The second-order valence-electron chi connectivity index (χ2n) is 6.24. The summed E-state index contributed by atoms with van der Waals surface area (Å²) in [5.41, 5.74) is 4.35. The Kier molecular flexibility index (Phi) is 5.56. The topological polar surface area (TPSA) is 84.0 Å². The van der Waals surface area contributed by atoms with Gasteiger partial charge in [0.2, 0.25) is 0 Å². The van der Waals surface area contributed by atoms with Crippen LogP contribution in [0.2, 0.25) is 0 Å². The van der Waals surface area contributed by atoms with Crippen molar-refractivity contribution in [3.63, 3.8) is 0 Å². The molecule has 6 heteroatoms. The fraction of sp³-hybridized carbons (Fsp3) is 0.143. The Balaban J connectivity index is 1.68. The molecular weight excluding hydrogens is 340 g/mol. The van der Waals surface area contributed by atoms with Crippen molar-refractivity contribution in [3.8, 4) is 0 Å². The first-order chi connectivity index (χ1) is 13.0. The van der Waals surface area contributed by atoms with Crippen molar-refractivity contribution in [2.24, 2.45) is 0 Å². The summed E-state index contributed by atoms with van der Waals surface area (Å²) >= 11 is 0. The number of benzene rings is 1. The maximum Gasteiger partial charge on any atom is 0.270 e. The summed E-state index contributed by atoms with van der Waals surface area (Å²) < 4.78 is 0. The van der Waals surface area contributed by atoms with Gasteiger partial charge in [-0.25, -0.2) is 0 Å². The fourth-order valence-electron chi connectivity index (χ4n) is 2.62. The van der Waals surface area contributed by atoms with Crippen LogP contribution in [0.25, 0.3) is 0 Å². The normalized spacial score (nSPS) is 10.3. The lowest BCUT2D eigenvalue weighted by Crippen LogP contribution is -2.24. The Morgan fingerprint density at radius 2 is 1.70 bits per heavy atom. The minimum atomic E-state index is -0.340. The van der Waals surface area contributed by atoms with E-state index in [9.17, 15) is 9.59 Å². The van der Waals surface area contributed by atoms with Crippen LogP contribution in [0.1, 0.15) is 37.5 Å². The highest BCUT2D eigenvalue weighted by molar-refractivity contribution is 6.06. The predicted molar refractivity (Wildman–Crippen MR) is 104 cm³/mol. The lowest BCUT2D eigenvalue weighted by Gasteiger charge is -2.10. The molecule has 0 unspecified atom stereocenters. The van der Waals surface area contributed by atoms with Crippen LogP contribution in [-0.4, -0.2) is 21.8 Å². The van der Waals surface area contributed by atoms with E-state index in [1.165, 1.54) is 12.3 Å². The van der Waals surface area contributed by atoms with E-state index in [1.54, 1.807) is 18.5 Å². The number of aryl methyl sites for hydroxylation is 2. The monoisotopic (exact) mass is 360 g/mol. The number of nitrogens with one attached hydrogen (secondary N) is 2. The molecule has 0 atom stereocenters. The van der Waals surface area contributed by atoms with Gasteiger partial charge in [-0.3, -0.25) is 19.6 Å². The summed E-state index contributed by atoms with van der Waals surface area (Å²) in [6, 6.07) is 12.5. The van der Waals surface area contributed by atoms with Crippen molar-refractivity contribution in [2.75, 3.05) is 5.32 Å². The number of carbonyl (C=O) groups excluding carboxylic acids is 2. The summed E-state index contributed by atoms with van der Waals surface area (Å²) in [6.45, 7) is 4.30. The second-order valence-corrected chi connectivity index (χ2v) is 6.24. The van der Waals surface area contributed by atoms with Gasteiger partial charge in [-0.05, 0) is 55.3 Å². The summed E-state index contributed by atoms with van der Waals surface area (Å²) in [4.78, 5) is 32.9. The zero-order chi connectivity index (χ0) is 19.2. The molecule has 2 amide bonds. The Morgan fingerprint density at radius 3 is 2.44 bits per heavy atom. The largest absolute Gasteiger partial charge is 0.347 e. The number of hydrogen-bond donors (Lipinski definition) is 2. The third-order valence-corrected chi connectivity index (χ3v) is 4.09. The maximum absolute atomic E-state index is 12.5. The molecule has 0 aliphatic carbocycles. The number of rotatable bonds is 5. The van der Waals surface area contributed by atoms with Crippen molar-refractivity contribution in [1.82, 2.24) is 15.3 Å². The lowest BCUT2D eigenvalue weighted by molar-refractivity contribution is 0.0946. The third-order valence-electron chi connectivity index (χ3n) is 4.09. The van der Waals surface area contributed by atoms with E-state index in [0.717, 1.165) is 22.4 Å². The van der Waals surface area contributed by atoms with Gasteiger partial charge < -0.3 is 10.6 Å². The average Bonchev–Trinajstić information content (AvgIpc) is 2.69. The predicted octanol–water partition coefficient (Wildman–Crippen LogP) is 3.28. The molecule has 0 aliphatic heterocycles. The number of anilines is 1. The molecular formula is C21H20N4O2. The van der Waals surface area contributed by atoms with Gasteiger partial charge in [0.15, 0.2) is 0 Å². The SMILES string of the molecule is Cc1ccc(NC(=O)c2ccnc(C(=O)NCc3ccncc3)c2)c(C)c1. The quantitative estimate of drug-likeness (QED) is 0.731. The Labute approximate surface area is 157 Å². The molecule has 0 saturated heterocycles. The van der Waals surface area contributed by atoms with Crippen LogP contribution < -0.4 is 10.6 Å². The van der Waals surface area contributed by atoms with Crippen molar-refractivity contribution in [1.29, 1.82) is 0 Å². The van der Waals surface area contributed by atoms with Gasteiger partial charge in [0, 0.05) is 36.4 Å². The summed E-state index contributed by atoms with van der Waals surface area (Å²) in [5.74, 6) is -0.625. The van der Waals surface area contributed by atoms with Crippen LogP contribution in [0.5, 0.6) is 0 Å². The molecule has 0 aliphatic rings. The zero-order valence-corrected chi connectivity index (χ0v) is 15.2. The first-order valence-corrected chi connectivity index (χ1v) is 8.54. The number of nitrogens with zero attached hydrogens (tertiary/aromatic N) is 2. The molecule has 0 saturated carbocycles.